The first kappa shape index (κ1) is 14.4. The molecule has 0 aromatic heterocycles. The molecule has 1 N–H and O–H groups in total. The van der Waals surface area contributed by atoms with Gasteiger partial charge in [0.2, 0.25) is 0 Å². The molecule has 2 aliphatic carbocycles. The summed E-state index contributed by atoms with van der Waals surface area (Å²) in [5.74, 6) is 2.18. The van der Waals surface area contributed by atoms with E-state index in [2.05, 4.69) is 12.2 Å². The van der Waals surface area contributed by atoms with Crippen LogP contribution in [0.1, 0.15) is 32.6 Å². The molecule has 0 heterocycles. The van der Waals surface area contributed by atoms with Gasteiger partial charge < -0.3 is 10.1 Å². The van der Waals surface area contributed by atoms with E-state index in [1.54, 1.807) is 12.1 Å². The summed E-state index contributed by atoms with van der Waals surface area (Å²) in [4.78, 5) is 11.9. The number of rotatable bonds is 5. The van der Waals surface area contributed by atoms with Crippen molar-refractivity contribution in [1.29, 1.82) is 0 Å². The van der Waals surface area contributed by atoms with Crippen molar-refractivity contribution in [1.82, 2.24) is 5.32 Å². The molecule has 2 fully saturated rings. The fourth-order valence-corrected chi connectivity index (χ4v) is 4.01. The molecule has 0 aliphatic heterocycles. The predicted molar refractivity (Wildman–Crippen MR) is 78.4 cm³/mol. The lowest BCUT2D eigenvalue weighted by molar-refractivity contribution is -0.124. The lowest BCUT2D eigenvalue weighted by Crippen LogP contribution is -2.42. The second-order valence-electron chi connectivity index (χ2n) is 6.44. The summed E-state index contributed by atoms with van der Waals surface area (Å²) >= 11 is 0. The maximum Gasteiger partial charge on any atom is 0.258 e. The number of hydrogen-bond acceptors (Lipinski definition) is 2. The fourth-order valence-electron chi connectivity index (χ4n) is 4.01. The molecule has 2 bridgehead atoms. The molecule has 4 atom stereocenters. The summed E-state index contributed by atoms with van der Waals surface area (Å²) < 4.78 is 18.3. The minimum absolute atomic E-state index is 0.0609. The highest BCUT2D eigenvalue weighted by Crippen LogP contribution is 2.49. The van der Waals surface area contributed by atoms with Crippen LogP contribution in [0.25, 0.3) is 0 Å². The molecular formula is C17H22FNO2. The molecule has 21 heavy (non-hydrogen) atoms. The Morgan fingerprint density at radius 1 is 1.43 bits per heavy atom. The van der Waals surface area contributed by atoms with Gasteiger partial charge in [0.25, 0.3) is 5.91 Å². The number of fused-ring (bicyclic) bond motifs is 2. The molecular weight excluding hydrogens is 269 g/mol. The third-order valence-corrected chi connectivity index (χ3v) is 4.99. The largest absolute Gasteiger partial charge is 0.484 e. The van der Waals surface area contributed by atoms with Crippen molar-refractivity contribution in [2.45, 2.75) is 38.6 Å². The maximum atomic E-state index is 13.0. The van der Waals surface area contributed by atoms with E-state index in [1.807, 2.05) is 0 Å². The van der Waals surface area contributed by atoms with E-state index >= 15 is 0 Å². The van der Waals surface area contributed by atoms with Crippen molar-refractivity contribution >= 4 is 5.91 Å². The molecule has 3 nitrogen and oxygen atoms in total. The molecule has 0 spiro atoms. The highest BCUT2D eigenvalue weighted by atomic mass is 19.1. The van der Waals surface area contributed by atoms with Gasteiger partial charge in [-0.05, 0) is 56.1 Å². The summed E-state index contributed by atoms with van der Waals surface area (Å²) in [5.41, 5.74) is 0. The van der Waals surface area contributed by atoms with Gasteiger partial charge >= 0.3 is 0 Å². The molecule has 2 aliphatic rings. The van der Waals surface area contributed by atoms with Crippen LogP contribution in [-0.2, 0) is 4.79 Å². The first-order valence-electron chi connectivity index (χ1n) is 7.79. The average molecular weight is 291 g/mol. The first-order valence-corrected chi connectivity index (χ1v) is 7.79. The highest BCUT2D eigenvalue weighted by molar-refractivity contribution is 5.77. The first-order chi connectivity index (χ1) is 10.1. The normalized spacial score (nSPS) is 28.4. The molecule has 2 saturated carbocycles. The lowest BCUT2D eigenvalue weighted by Gasteiger charge is -2.28. The summed E-state index contributed by atoms with van der Waals surface area (Å²) in [6.07, 6.45) is 5.27. The number of benzene rings is 1. The molecule has 1 aromatic rings. The van der Waals surface area contributed by atoms with Gasteiger partial charge in [-0.25, -0.2) is 4.39 Å². The SMILES string of the molecule is C[C@H](NC(=O)COc1cccc(F)c1)[C@@H]1C[C@H]2CC[C@H]1C2. The van der Waals surface area contributed by atoms with Crippen molar-refractivity contribution < 1.29 is 13.9 Å². The van der Waals surface area contributed by atoms with Crippen LogP contribution in [0.4, 0.5) is 4.39 Å². The third kappa shape index (κ3) is 3.36. The van der Waals surface area contributed by atoms with Crippen molar-refractivity contribution in [3.63, 3.8) is 0 Å². The molecule has 1 amide bonds. The summed E-state index contributed by atoms with van der Waals surface area (Å²) in [5, 5.41) is 3.03. The molecule has 0 unspecified atom stereocenters. The third-order valence-electron chi connectivity index (χ3n) is 4.99. The molecule has 4 heteroatoms. The summed E-state index contributed by atoms with van der Waals surface area (Å²) in [6, 6.07) is 6.05. The smallest absolute Gasteiger partial charge is 0.258 e. The van der Waals surface area contributed by atoms with Gasteiger partial charge in [-0.2, -0.15) is 0 Å². The zero-order chi connectivity index (χ0) is 14.8. The predicted octanol–water partition coefficient (Wildman–Crippen LogP) is 3.15. The second kappa shape index (κ2) is 6.04. The number of carbonyl (C=O) groups excluding carboxylic acids is 1. The van der Waals surface area contributed by atoms with Gasteiger partial charge in [0.15, 0.2) is 6.61 Å². The van der Waals surface area contributed by atoms with Crippen molar-refractivity contribution in [2.75, 3.05) is 6.61 Å². The van der Waals surface area contributed by atoms with Crippen LogP contribution in [0.15, 0.2) is 24.3 Å². The van der Waals surface area contributed by atoms with Crippen LogP contribution in [0.2, 0.25) is 0 Å². The van der Waals surface area contributed by atoms with E-state index in [0.717, 1.165) is 11.8 Å². The number of nitrogens with one attached hydrogen (secondary N) is 1. The Morgan fingerprint density at radius 2 is 2.29 bits per heavy atom. The van der Waals surface area contributed by atoms with E-state index < -0.39 is 0 Å². The number of hydrogen-bond donors (Lipinski definition) is 1. The molecule has 0 saturated heterocycles. The second-order valence-corrected chi connectivity index (χ2v) is 6.44. The van der Waals surface area contributed by atoms with Crippen LogP contribution in [-0.4, -0.2) is 18.6 Å². The quantitative estimate of drug-likeness (QED) is 0.905. The van der Waals surface area contributed by atoms with Crippen molar-refractivity contribution in [2.24, 2.45) is 17.8 Å². The Kier molecular flexibility index (Phi) is 4.13. The zero-order valence-corrected chi connectivity index (χ0v) is 12.3. The van der Waals surface area contributed by atoms with E-state index in [0.29, 0.717) is 11.7 Å². The average Bonchev–Trinajstić information content (AvgIpc) is 3.08. The summed E-state index contributed by atoms with van der Waals surface area (Å²) in [6.45, 7) is 2.03. The minimum atomic E-state index is -0.358. The van der Waals surface area contributed by atoms with Gasteiger partial charge in [0.1, 0.15) is 11.6 Å². The monoisotopic (exact) mass is 291 g/mol. The van der Waals surface area contributed by atoms with Crippen LogP contribution in [0, 0.1) is 23.6 Å². The van der Waals surface area contributed by atoms with Gasteiger partial charge in [-0.15, -0.1) is 0 Å². The molecule has 3 rings (SSSR count). The van der Waals surface area contributed by atoms with Crippen LogP contribution < -0.4 is 10.1 Å². The number of halogens is 1. The van der Waals surface area contributed by atoms with Crippen molar-refractivity contribution in [3.05, 3.63) is 30.1 Å². The van der Waals surface area contributed by atoms with Crippen LogP contribution in [0.5, 0.6) is 5.75 Å². The van der Waals surface area contributed by atoms with E-state index in [4.69, 9.17) is 4.74 Å². The van der Waals surface area contributed by atoms with Crippen molar-refractivity contribution in [3.8, 4) is 5.75 Å². The fraction of sp³-hybridized carbons (Fsp3) is 0.588. The van der Waals surface area contributed by atoms with Gasteiger partial charge in [-0.3, -0.25) is 4.79 Å². The zero-order valence-electron chi connectivity index (χ0n) is 12.3. The number of ether oxygens (including phenoxy) is 1. The lowest BCUT2D eigenvalue weighted by atomic mass is 9.84. The van der Waals surface area contributed by atoms with E-state index in [1.165, 1.54) is 37.8 Å². The number of carbonyl (C=O) groups is 1. The Morgan fingerprint density at radius 3 is 2.95 bits per heavy atom. The van der Waals surface area contributed by atoms with Gasteiger partial charge in [0, 0.05) is 12.1 Å². The van der Waals surface area contributed by atoms with E-state index in [-0.39, 0.29) is 24.4 Å². The van der Waals surface area contributed by atoms with Gasteiger partial charge in [-0.1, -0.05) is 12.5 Å². The van der Waals surface area contributed by atoms with E-state index in [9.17, 15) is 9.18 Å². The Balaban J connectivity index is 1.46. The molecule has 1 aromatic carbocycles. The number of amides is 1. The standard InChI is InChI=1S/C17H22FNO2/c1-11(16-8-12-5-6-13(16)7-12)19-17(20)10-21-15-4-2-3-14(18)9-15/h2-4,9,11-13,16H,5-8,10H2,1H3,(H,19,20)/t11-,12-,13-,16-/m0/s1. The highest BCUT2D eigenvalue weighted by Gasteiger charge is 2.42. The minimum Gasteiger partial charge on any atom is -0.484 e. The van der Waals surface area contributed by atoms with Crippen LogP contribution in [0.3, 0.4) is 0 Å². The Bertz CT molecular complexity index is 519. The maximum absolute atomic E-state index is 13.0. The van der Waals surface area contributed by atoms with Crippen LogP contribution >= 0.6 is 0 Å². The molecule has 114 valence electrons. The van der Waals surface area contributed by atoms with Gasteiger partial charge in [0.05, 0.1) is 0 Å². The summed E-state index contributed by atoms with van der Waals surface area (Å²) in [7, 11) is 0. The topological polar surface area (TPSA) is 38.3 Å². The molecule has 0 radical (unpaired) electrons. The Hall–Kier alpha value is -1.58. The Labute approximate surface area is 124 Å².